The summed E-state index contributed by atoms with van der Waals surface area (Å²) in [5.41, 5.74) is -0.542. The van der Waals surface area contributed by atoms with Crippen molar-refractivity contribution in [3.8, 4) is 0 Å². The number of nitrogens with one attached hydrogen (secondary N) is 1. The van der Waals surface area contributed by atoms with Gasteiger partial charge in [0.25, 0.3) is 11.5 Å². The van der Waals surface area contributed by atoms with Gasteiger partial charge >= 0.3 is 6.09 Å². The first-order valence-electron chi connectivity index (χ1n) is 8.68. The molecule has 0 radical (unpaired) electrons. The molecule has 1 N–H and O–H groups in total. The number of hydrogen-bond acceptors (Lipinski definition) is 6. The van der Waals surface area contributed by atoms with E-state index in [0.717, 1.165) is 17.8 Å². The Morgan fingerprint density at radius 3 is 2.42 bits per heavy atom. The Bertz CT molecular complexity index is 702. The van der Waals surface area contributed by atoms with Gasteiger partial charge in [-0.1, -0.05) is 0 Å². The van der Waals surface area contributed by atoms with Gasteiger partial charge in [0.1, 0.15) is 11.3 Å². The van der Waals surface area contributed by atoms with Gasteiger partial charge in [0.15, 0.2) is 0 Å². The molecule has 1 aromatic heterocycles. The summed E-state index contributed by atoms with van der Waals surface area (Å²) in [5, 5.41) is 6.71. The molecule has 0 unspecified atom stereocenters. The number of carbonyl (C=O) groups excluding carboxylic acids is 2. The summed E-state index contributed by atoms with van der Waals surface area (Å²) in [7, 11) is 1.50. The second-order valence-electron chi connectivity index (χ2n) is 7.25. The smallest absolute Gasteiger partial charge is 0.410 e. The molecule has 0 saturated carbocycles. The molecule has 1 saturated heterocycles. The zero-order valence-corrected chi connectivity index (χ0v) is 15.8. The lowest BCUT2D eigenvalue weighted by molar-refractivity contribution is 0.0147. The molecule has 2 rings (SSSR count). The first-order valence-corrected chi connectivity index (χ1v) is 8.68. The van der Waals surface area contributed by atoms with Crippen molar-refractivity contribution >= 4 is 12.0 Å². The molecule has 9 nitrogen and oxygen atoms in total. The molecular formula is C17H27N5O4. The highest BCUT2D eigenvalue weighted by Crippen LogP contribution is 2.11. The molecular weight excluding hydrogens is 338 g/mol. The summed E-state index contributed by atoms with van der Waals surface area (Å²) < 4.78 is 6.50. The quantitative estimate of drug-likeness (QED) is 0.811. The Hall–Kier alpha value is -2.42. The number of nitrogens with zero attached hydrogens (tertiary/aromatic N) is 4. The Kier molecular flexibility index (Phi) is 6.36. The van der Waals surface area contributed by atoms with Crippen LogP contribution in [0.15, 0.2) is 16.9 Å². The molecule has 1 aromatic rings. The minimum Gasteiger partial charge on any atom is -0.444 e. The van der Waals surface area contributed by atoms with Gasteiger partial charge < -0.3 is 15.0 Å². The van der Waals surface area contributed by atoms with Crippen molar-refractivity contribution in [2.45, 2.75) is 26.4 Å². The number of piperazine rings is 1. The summed E-state index contributed by atoms with van der Waals surface area (Å²) in [4.78, 5) is 39.2. The maximum absolute atomic E-state index is 12.0. The highest BCUT2D eigenvalue weighted by atomic mass is 16.6. The van der Waals surface area contributed by atoms with Gasteiger partial charge in [-0.05, 0) is 26.8 Å². The van der Waals surface area contributed by atoms with Gasteiger partial charge in [-0.3, -0.25) is 14.5 Å². The fourth-order valence-electron chi connectivity index (χ4n) is 2.52. The molecule has 0 spiro atoms. The lowest BCUT2D eigenvalue weighted by Crippen LogP contribution is -2.51. The first kappa shape index (κ1) is 19.9. The van der Waals surface area contributed by atoms with E-state index in [4.69, 9.17) is 4.74 Å². The predicted molar refractivity (Wildman–Crippen MR) is 96.1 cm³/mol. The second-order valence-corrected chi connectivity index (χ2v) is 7.25. The summed E-state index contributed by atoms with van der Waals surface area (Å²) >= 11 is 0. The van der Waals surface area contributed by atoms with Crippen molar-refractivity contribution in [1.82, 2.24) is 24.9 Å². The van der Waals surface area contributed by atoms with Crippen LogP contribution in [-0.4, -0.2) is 76.5 Å². The lowest BCUT2D eigenvalue weighted by atomic mass is 10.2. The molecule has 0 aromatic carbocycles. The van der Waals surface area contributed by atoms with Crippen LogP contribution in [0.1, 0.15) is 31.3 Å². The van der Waals surface area contributed by atoms with E-state index in [-0.39, 0.29) is 23.3 Å². The van der Waals surface area contributed by atoms with Crippen LogP contribution >= 0.6 is 0 Å². The van der Waals surface area contributed by atoms with Gasteiger partial charge in [-0.25, -0.2) is 9.48 Å². The predicted octanol–water partition coefficient (Wildman–Crippen LogP) is 0.0628. The number of aromatic nitrogens is 2. The third kappa shape index (κ3) is 5.83. The van der Waals surface area contributed by atoms with Gasteiger partial charge in [0.2, 0.25) is 0 Å². The maximum atomic E-state index is 12.0. The number of amides is 2. The number of carbonyl (C=O) groups is 2. The molecule has 1 aliphatic rings. The van der Waals surface area contributed by atoms with Crippen molar-refractivity contribution in [2.24, 2.45) is 7.05 Å². The molecule has 1 fully saturated rings. The summed E-state index contributed by atoms with van der Waals surface area (Å²) in [6, 6.07) is 2.73. The van der Waals surface area contributed by atoms with Crippen molar-refractivity contribution in [3.63, 3.8) is 0 Å². The Labute approximate surface area is 152 Å². The summed E-state index contributed by atoms with van der Waals surface area (Å²) in [6.07, 6.45) is -0.286. The highest BCUT2D eigenvalue weighted by Gasteiger charge is 2.25. The number of aryl methyl sites for hydroxylation is 1. The van der Waals surface area contributed by atoms with Gasteiger partial charge in [-0.2, -0.15) is 5.10 Å². The van der Waals surface area contributed by atoms with Gasteiger partial charge in [0, 0.05) is 52.4 Å². The van der Waals surface area contributed by atoms with E-state index in [1.165, 1.54) is 19.2 Å². The second kappa shape index (κ2) is 8.31. The van der Waals surface area contributed by atoms with Crippen LogP contribution in [0.25, 0.3) is 0 Å². The zero-order valence-electron chi connectivity index (χ0n) is 15.8. The number of ether oxygens (including phenoxy) is 1. The summed E-state index contributed by atoms with van der Waals surface area (Å²) in [5.74, 6) is -0.312. The number of rotatable bonds is 4. The molecule has 9 heteroatoms. The molecule has 0 atom stereocenters. The fourth-order valence-corrected chi connectivity index (χ4v) is 2.52. The van der Waals surface area contributed by atoms with Crippen LogP contribution in [0.3, 0.4) is 0 Å². The molecule has 2 heterocycles. The van der Waals surface area contributed by atoms with E-state index in [0.29, 0.717) is 26.2 Å². The average molecular weight is 365 g/mol. The van der Waals surface area contributed by atoms with E-state index in [9.17, 15) is 14.4 Å². The normalized spacial score (nSPS) is 15.6. The minimum absolute atomic E-state index is 0.210. The lowest BCUT2D eigenvalue weighted by Gasteiger charge is -2.35. The third-order valence-corrected chi connectivity index (χ3v) is 3.93. The van der Waals surface area contributed by atoms with E-state index in [1.807, 2.05) is 20.8 Å². The first-order chi connectivity index (χ1) is 12.2. The highest BCUT2D eigenvalue weighted by molar-refractivity contribution is 5.91. The van der Waals surface area contributed by atoms with Crippen molar-refractivity contribution in [1.29, 1.82) is 0 Å². The van der Waals surface area contributed by atoms with E-state index in [1.54, 1.807) is 4.90 Å². The molecule has 0 bridgehead atoms. The number of hydrogen-bond donors (Lipinski definition) is 1. The van der Waals surface area contributed by atoms with Gasteiger partial charge in [-0.15, -0.1) is 0 Å². The van der Waals surface area contributed by atoms with Crippen LogP contribution in [0.4, 0.5) is 4.79 Å². The Balaban J connectivity index is 1.71. The Morgan fingerprint density at radius 2 is 1.85 bits per heavy atom. The maximum Gasteiger partial charge on any atom is 0.410 e. The van der Waals surface area contributed by atoms with Crippen LogP contribution in [-0.2, 0) is 11.8 Å². The standard InChI is InChI=1S/C17H27N5O4/c1-17(2,3)26-16(25)22-11-9-21(10-12-22)8-7-18-15(24)13-5-6-14(23)20(4)19-13/h5-6H,7-12H2,1-4H3,(H,18,24). The van der Waals surface area contributed by atoms with Crippen LogP contribution in [0.2, 0.25) is 0 Å². The third-order valence-electron chi connectivity index (χ3n) is 3.93. The van der Waals surface area contributed by atoms with Crippen molar-refractivity contribution < 1.29 is 14.3 Å². The molecule has 0 aliphatic carbocycles. The molecule has 2 amide bonds. The van der Waals surface area contributed by atoms with Crippen LogP contribution < -0.4 is 10.9 Å². The van der Waals surface area contributed by atoms with Crippen molar-refractivity contribution in [3.05, 3.63) is 28.2 Å². The van der Waals surface area contributed by atoms with E-state index in [2.05, 4.69) is 15.3 Å². The minimum atomic E-state index is -0.493. The topological polar surface area (TPSA) is 96.8 Å². The van der Waals surface area contributed by atoms with Gasteiger partial charge in [0.05, 0.1) is 0 Å². The van der Waals surface area contributed by atoms with Crippen LogP contribution in [0.5, 0.6) is 0 Å². The van der Waals surface area contributed by atoms with E-state index < -0.39 is 5.60 Å². The molecule has 144 valence electrons. The molecule has 1 aliphatic heterocycles. The van der Waals surface area contributed by atoms with Crippen molar-refractivity contribution in [2.75, 3.05) is 39.3 Å². The SMILES string of the molecule is Cn1nc(C(=O)NCCN2CCN(C(=O)OC(C)(C)C)CC2)ccc1=O. The monoisotopic (exact) mass is 365 g/mol. The summed E-state index contributed by atoms with van der Waals surface area (Å²) in [6.45, 7) is 9.36. The zero-order chi connectivity index (χ0) is 19.3. The van der Waals surface area contributed by atoms with E-state index >= 15 is 0 Å². The molecule has 26 heavy (non-hydrogen) atoms. The Morgan fingerprint density at radius 1 is 1.19 bits per heavy atom. The fraction of sp³-hybridized carbons (Fsp3) is 0.647. The largest absolute Gasteiger partial charge is 0.444 e. The van der Waals surface area contributed by atoms with Crippen LogP contribution in [0, 0.1) is 0 Å². The average Bonchev–Trinajstić information content (AvgIpc) is 2.56.